The minimum absolute atomic E-state index is 0.0110. The summed E-state index contributed by atoms with van der Waals surface area (Å²) in [5, 5.41) is 0. The first-order valence-electron chi connectivity index (χ1n) is 7.83. The van der Waals surface area contributed by atoms with E-state index in [9.17, 15) is 9.18 Å². The Bertz CT molecular complexity index is 875. The number of esters is 1. The molecule has 3 aromatic rings. The molecular weight excluding hydrogens is 319 g/mol. The number of carbonyl (C=O) groups excluding carboxylic acids is 1. The van der Waals surface area contributed by atoms with E-state index in [2.05, 4.69) is 0 Å². The van der Waals surface area contributed by atoms with Crippen LogP contribution in [-0.2, 0) is 11.3 Å². The molecule has 3 rings (SSSR count). The highest BCUT2D eigenvalue weighted by molar-refractivity contribution is 5.97. The first-order valence-corrected chi connectivity index (χ1v) is 7.83. The third-order valence-corrected chi connectivity index (χ3v) is 3.82. The summed E-state index contributed by atoms with van der Waals surface area (Å²) >= 11 is 0. The van der Waals surface area contributed by atoms with Gasteiger partial charge in [-0.3, -0.25) is 0 Å². The molecule has 0 saturated heterocycles. The standard InChI is InChI=1S/C21H17FO3/c1-24-20-12-11-15(13-19(20)22)14-25-21(23)18-10-6-5-9-17(18)16-7-3-2-4-8-16/h2-13H,14H2,1H3. The summed E-state index contributed by atoms with van der Waals surface area (Å²) in [6.07, 6.45) is 0. The second-order valence-electron chi connectivity index (χ2n) is 5.46. The molecule has 126 valence electrons. The lowest BCUT2D eigenvalue weighted by Crippen LogP contribution is -2.07. The van der Waals surface area contributed by atoms with Crippen LogP contribution in [0.25, 0.3) is 11.1 Å². The van der Waals surface area contributed by atoms with Crippen molar-refractivity contribution >= 4 is 5.97 Å². The van der Waals surface area contributed by atoms with E-state index in [0.717, 1.165) is 11.1 Å². The van der Waals surface area contributed by atoms with Crippen LogP contribution in [0.4, 0.5) is 4.39 Å². The molecule has 3 nitrogen and oxygen atoms in total. The van der Waals surface area contributed by atoms with E-state index >= 15 is 0 Å². The molecule has 0 N–H and O–H groups in total. The van der Waals surface area contributed by atoms with Crippen molar-refractivity contribution in [1.82, 2.24) is 0 Å². The van der Waals surface area contributed by atoms with Gasteiger partial charge in [-0.25, -0.2) is 9.18 Å². The van der Waals surface area contributed by atoms with E-state index in [0.29, 0.717) is 11.1 Å². The first kappa shape index (κ1) is 16.7. The average molecular weight is 336 g/mol. The van der Waals surface area contributed by atoms with Crippen molar-refractivity contribution in [3.8, 4) is 16.9 Å². The number of benzene rings is 3. The molecule has 0 aromatic heterocycles. The Kier molecular flexibility index (Phi) is 5.09. The van der Waals surface area contributed by atoms with Gasteiger partial charge in [-0.05, 0) is 34.9 Å². The van der Waals surface area contributed by atoms with Crippen molar-refractivity contribution in [3.63, 3.8) is 0 Å². The number of methoxy groups -OCH3 is 1. The van der Waals surface area contributed by atoms with Gasteiger partial charge in [0.25, 0.3) is 0 Å². The van der Waals surface area contributed by atoms with E-state index in [1.165, 1.54) is 19.2 Å². The maximum Gasteiger partial charge on any atom is 0.339 e. The Morgan fingerprint density at radius 1 is 0.960 bits per heavy atom. The van der Waals surface area contributed by atoms with Crippen LogP contribution in [0.5, 0.6) is 5.75 Å². The smallest absolute Gasteiger partial charge is 0.339 e. The van der Waals surface area contributed by atoms with Gasteiger partial charge in [-0.2, -0.15) is 0 Å². The van der Waals surface area contributed by atoms with E-state index in [-0.39, 0.29) is 12.4 Å². The number of rotatable bonds is 5. The van der Waals surface area contributed by atoms with Gasteiger partial charge >= 0.3 is 5.97 Å². The molecule has 0 bridgehead atoms. The van der Waals surface area contributed by atoms with Gasteiger partial charge in [-0.1, -0.05) is 54.6 Å². The van der Waals surface area contributed by atoms with Crippen LogP contribution in [-0.4, -0.2) is 13.1 Å². The molecule has 0 aliphatic heterocycles. The lowest BCUT2D eigenvalue weighted by molar-refractivity contribution is 0.0473. The molecule has 0 unspecified atom stereocenters. The predicted molar refractivity (Wildman–Crippen MR) is 93.9 cm³/mol. The molecule has 3 aromatic carbocycles. The highest BCUT2D eigenvalue weighted by atomic mass is 19.1. The summed E-state index contributed by atoms with van der Waals surface area (Å²) in [4.78, 5) is 12.5. The lowest BCUT2D eigenvalue weighted by Gasteiger charge is -2.10. The quantitative estimate of drug-likeness (QED) is 0.624. The van der Waals surface area contributed by atoms with Gasteiger partial charge in [0, 0.05) is 0 Å². The SMILES string of the molecule is COc1ccc(COC(=O)c2ccccc2-c2ccccc2)cc1F. The third-order valence-electron chi connectivity index (χ3n) is 3.82. The molecule has 0 heterocycles. The molecule has 0 spiro atoms. The Morgan fingerprint density at radius 3 is 2.40 bits per heavy atom. The summed E-state index contributed by atoms with van der Waals surface area (Å²) in [6.45, 7) is -0.0110. The van der Waals surface area contributed by atoms with E-state index in [1.807, 2.05) is 42.5 Å². The van der Waals surface area contributed by atoms with Crippen LogP contribution in [0.3, 0.4) is 0 Å². The minimum Gasteiger partial charge on any atom is -0.494 e. The van der Waals surface area contributed by atoms with Crippen LogP contribution in [0.1, 0.15) is 15.9 Å². The zero-order chi connectivity index (χ0) is 17.6. The molecule has 0 atom stereocenters. The third kappa shape index (κ3) is 3.86. The monoisotopic (exact) mass is 336 g/mol. The second-order valence-corrected chi connectivity index (χ2v) is 5.46. The summed E-state index contributed by atoms with van der Waals surface area (Å²) < 4.78 is 24.0. The molecule has 0 saturated carbocycles. The summed E-state index contributed by atoms with van der Waals surface area (Å²) in [7, 11) is 1.40. The topological polar surface area (TPSA) is 35.5 Å². The lowest BCUT2D eigenvalue weighted by atomic mass is 10.00. The van der Waals surface area contributed by atoms with Gasteiger partial charge < -0.3 is 9.47 Å². The predicted octanol–water partition coefficient (Wildman–Crippen LogP) is 4.86. The molecule has 4 heteroatoms. The van der Waals surface area contributed by atoms with Crippen molar-refractivity contribution in [2.45, 2.75) is 6.61 Å². The maximum atomic E-state index is 13.7. The molecule has 0 radical (unpaired) electrons. The molecule has 0 amide bonds. The Labute approximate surface area is 145 Å². The summed E-state index contributed by atoms with van der Waals surface area (Å²) in [6, 6.07) is 21.4. The number of hydrogen-bond donors (Lipinski definition) is 0. The number of hydrogen-bond acceptors (Lipinski definition) is 3. The van der Waals surface area contributed by atoms with Crippen LogP contribution in [0.15, 0.2) is 72.8 Å². The van der Waals surface area contributed by atoms with E-state index < -0.39 is 11.8 Å². The molecule has 0 fully saturated rings. The normalized spacial score (nSPS) is 10.3. The first-order chi connectivity index (χ1) is 12.2. The largest absolute Gasteiger partial charge is 0.494 e. The maximum absolute atomic E-state index is 13.7. The van der Waals surface area contributed by atoms with Crippen LogP contribution >= 0.6 is 0 Å². The highest BCUT2D eigenvalue weighted by Crippen LogP contribution is 2.24. The summed E-state index contributed by atoms with van der Waals surface area (Å²) in [5.74, 6) is -0.777. The van der Waals surface area contributed by atoms with Crippen molar-refractivity contribution in [1.29, 1.82) is 0 Å². The van der Waals surface area contributed by atoms with E-state index in [1.54, 1.807) is 18.2 Å². The Morgan fingerprint density at radius 2 is 1.68 bits per heavy atom. The van der Waals surface area contributed by atoms with Gasteiger partial charge in [-0.15, -0.1) is 0 Å². The fourth-order valence-electron chi connectivity index (χ4n) is 2.56. The number of carbonyl (C=O) groups is 1. The molecule has 0 aliphatic rings. The van der Waals surface area contributed by atoms with Crippen molar-refractivity contribution in [2.24, 2.45) is 0 Å². The fourth-order valence-corrected chi connectivity index (χ4v) is 2.56. The van der Waals surface area contributed by atoms with Crippen molar-refractivity contribution in [2.75, 3.05) is 7.11 Å². The molecule has 0 aliphatic carbocycles. The second kappa shape index (κ2) is 7.62. The van der Waals surface area contributed by atoms with Gasteiger partial charge in [0.05, 0.1) is 12.7 Å². The van der Waals surface area contributed by atoms with Crippen molar-refractivity contribution in [3.05, 3.63) is 89.7 Å². The van der Waals surface area contributed by atoms with Crippen molar-refractivity contribution < 1.29 is 18.7 Å². The summed E-state index contributed by atoms with van der Waals surface area (Å²) in [5.41, 5.74) is 2.77. The zero-order valence-corrected chi connectivity index (χ0v) is 13.7. The zero-order valence-electron chi connectivity index (χ0n) is 13.7. The average Bonchev–Trinajstić information content (AvgIpc) is 2.67. The van der Waals surface area contributed by atoms with E-state index in [4.69, 9.17) is 9.47 Å². The Balaban J connectivity index is 1.77. The number of ether oxygens (including phenoxy) is 2. The van der Waals surface area contributed by atoms with Crippen LogP contribution in [0, 0.1) is 5.82 Å². The van der Waals surface area contributed by atoms with Gasteiger partial charge in [0.15, 0.2) is 11.6 Å². The molecular formula is C21H17FO3. The highest BCUT2D eigenvalue weighted by Gasteiger charge is 2.14. The van der Waals surface area contributed by atoms with Crippen LogP contribution in [0.2, 0.25) is 0 Å². The van der Waals surface area contributed by atoms with Gasteiger partial charge in [0.1, 0.15) is 6.61 Å². The van der Waals surface area contributed by atoms with Crippen LogP contribution < -0.4 is 4.74 Å². The van der Waals surface area contributed by atoms with Gasteiger partial charge in [0.2, 0.25) is 0 Å². The minimum atomic E-state index is -0.485. The Hall–Kier alpha value is -3.14. The molecule has 25 heavy (non-hydrogen) atoms. The fraction of sp³-hybridized carbons (Fsp3) is 0.0952. The number of halogens is 1.